The van der Waals surface area contributed by atoms with E-state index in [0.29, 0.717) is 0 Å². The van der Waals surface area contributed by atoms with E-state index in [4.69, 9.17) is 34.8 Å². The van der Waals surface area contributed by atoms with Crippen LogP contribution in [0.5, 0.6) is 0 Å². The van der Waals surface area contributed by atoms with Crippen LogP contribution in [0.25, 0.3) is 12.2 Å². The summed E-state index contributed by atoms with van der Waals surface area (Å²) in [6.45, 7) is 0. The first-order valence-electron chi connectivity index (χ1n) is 6.50. The first-order valence-corrected chi connectivity index (χ1v) is 7.81. The average Bonchev–Trinajstić information content (AvgIpc) is 2.52. The maximum Gasteiger partial charge on any atom is 0.180 e. The van der Waals surface area contributed by atoms with Crippen LogP contribution in [0.2, 0.25) is 0 Å². The molecule has 0 N–H and O–H groups in total. The van der Waals surface area contributed by atoms with Crippen molar-refractivity contribution in [2.45, 2.75) is 4.30 Å². The van der Waals surface area contributed by atoms with Crippen LogP contribution in [0.4, 0.5) is 0 Å². The number of carbonyl (C=O) groups excluding carboxylic acids is 1. The number of ketones is 1. The van der Waals surface area contributed by atoms with E-state index in [1.54, 1.807) is 12.2 Å². The third kappa shape index (κ3) is 12.2. The number of hydrogen-bond donors (Lipinski definition) is 0. The molecule has 0 unspecified atom stereocenters. The minimum Gasteiger partial charge on any atom is -0.290 e. The van der Waals surface area contributed by atoms with Gasteiger partial charge in [-0.1, -0.05) is 108 Å². The Kier molecular flexibility index (Phi) is 13.0. The third-order valence-electron chi connectivity index (χ3n) is 2.48. The Bertz CT molecular complexity index is 556. The van der Waals surface area contributed by atoms with E-state index in [1.165, 1.54) is 0 Å². The second-order valence-corrected chi connectivity index (χ2v) is 6.12. The quantitative estimate of drug-likeness (QED) is 0.313. The zero-order valence-corrected chi connectivity index (χ0v) is 15.8. The van der Waals surface area contributed by atoms with E-state index >= 15 is 0 Å². The van der Waals surface area contributed by atoms with Gasteiger partial charge in [0, 0.05) is 20.4 Å². The molecule has 0 saturated heterocycles. The normalized spacial score (nSPS) is 10.3. The summed E-state index contributed by atoms with van der Waals surface area (Å²) in [6, 6.07) is 19.6. The smallest absolute Gasteiger partial charge is 0.180 e. The standard InChI is InChI=1S/C17H14O.CHCl3.Pd/c18-17(13-11-15-7-3-1-4-8-15)14-12-16-9-5-2-6-10-16;2-1(3)4;/h1-14H;1H;. The molecule has 5 heteroatoms. The predicted octanol–water partition coefficient (Wildman–Crippen LogP) is 5.97. The Morgan fingerprint density at radius 1 is 0.739 bits per heavy atom. The van der Waals surface area contributed by atoms with Gasteiger partial charge in [0.25, 0.3) is 0 Å². The van der Waals surface area contributed by atoms with Crippen molar-refractivity contribution in [3.63, 3.8) is 0 Å². The minimum absolute atomic E-state index is 0. The van der Waals surface area contributed by atoms with Crippen LogP contribution in [-0.4, -0.2) is 10.1 Å². The molecule has 0 heterocycles. The van der Waals surface area contributed by atoms with Crippen LogP contribution in [0.3, 0.4) is 0 Å². The van der Waals surface area contributed by atoms with Gasteiger partial charge in [0.15, 0.2) is 10.1 Å². The van der Waals surface area contributed by atoms with Crippen molar-refractivity contribution in [3.05, 3.63) is 83.9 Å². The predicted molar refractivity (Wildman–Crippen MR) is 97.3 cm³/mol. The second kappa shape index (κ2) is 13.6. The molecular formula is C18H15Cl3OPd. The molecule has 0 amide bonds. The Labute approximate surface area is 165 Å². The molecule has 0 aromatic heterocycles. The Balaban J connectivity index is 0.000000871. The number of allylic oxidation sites excluding steroid dienone is 2. The molecule has 0 fully saturated rings. The third-order valence-corrected chi connectivity index (χ3v) is 2.48. The summed E-state index contributed by atoms with van der Waals surface area (Å²) in [5, 5.41) is 0. The van der Waals surface area contributed by atoms with Gasteiger partial charge in [-0.05, 0) is 23.3 Å². The van der Waals surface area contributed by atoms with Crippen molar-refractivity contribution in [2.24, 2.45) is 0 Å². The van der Waals surface area contributed by atoms with Gasteiger partial charge in [-0.2, -0.15) is 0 Å². The van der Waals surface area contributed by atoms with Crippen LogP contribution < -0.4 is 0 Å². The van der Waals surface area contributed by atoms with Gasteiger partial charge in [0.1, 0.15) is 0 Å². The summed E-state index contributed by atoms with van der Waals surface area (Å²) in [5.74, 6) is -0.0114. The number of halogens is 3. The summed E-state index contributed by atoms with van der Waals surface area (Å²) in [5.41, 5.74) is 2.05. The van der Waals surface area contributed by atoms with Gasteiger partial charge in [-0.25, -0.2) is 0 Å². The molecule has 0 aliphatic heterocycles. The molecule has 0 radical (unpaired) electrons. The van der Waals surface area contributed by atoms with Crippen molar-refractivity contribution >= 4 is 52.7 Å². The first-order chi connectivity index (χ1) is 10.6. The van der Waals surface area contributed by atoms with E-state index in [-0.39, 0.29) is 26.2 Å². The van der Waals surface area contributed by atoms with Crippen LogP contribution in [0.1, 0.15) is 11.1 Å². The summed E-state index contributed by atoms with van der Waals surface area (Å²) in [6.07, 6.45) is 6.79. The van der Waals surface area contributed by atoms with Gasteiger partial charge >= 0.3 is 0 Å². The van der Waals surface area contributed by atoms with Gasteiger partial charge in [-0.3, -0.25) is 4.79 Å². The Morgan fingerprint density at radius 3 is 1.35 bits per heavy atom. The largest absolute Gasteiger partial charge is 0.290 e. The Hall–Kier alpha value is -0.878. The van der Waals surface area contributed by atoms with Crippen LogP contribution in [0, 0.1) is 0 Å². The summed E-state index contributed by atoms with van der Waals surface area (Å²) < 4.78 is -0.750. The van der Waals surface area contributed by atoms with Crippen molar-refractivity contribution in [1.29, 1.82) is 0 Å². The zero-order valence-electron chi connectivity index (χ0n) is 12.0. The van der Waals surface area contributed by atoms with Crippen LogP contribution in [-0.2, 0) is 25.2 Å². The number of alkyl halides is 3. The molecule has 0 aliphatic rings. The molecule has 124 valence electrons. The molecule has 2 aromatic rings. The van der Waals surface area contributed by atoms with Crippen LogP contribution in [0.15, 0.2) is 72.8 Å². The van der Waals surface area contributed by atoms with Gasteiger partial charge in [0.2, 0.25) is 0 Å². The minimum atomic E-state index is -0.750. The fourth-order valence-electron chi connectivity index (χ4n) is 1.54. The maximum absolute atomic E-state index is 11.6. The molecule has 2 aromatic carbocycles. The first kappa shape index (κ1) is 22.1. The van der Waals surface area contributed by atoms with Gasteiger partial charge in [0.05, 0.1) is 0 Å². The van der Waals surface area contributed by atoms with E-state index in [0.717, 1.165) is 11.1 Å². The number of hydrogen-bond acceptors (Lipinski definition) is 1. The molecule has 23 heavy (non-hydrogen) atoms. The summed E-state index contributed by atoms with van der Waals surface area (Å²) in [4.78, 5) is 11.6. The van der Waals surface area contributed by atoms with E-state index in [2.05, 4.69) is 0 Å². The second-order valence-electron chi connectivity index (χ2n) is 4.14. The van der Waals surface area contributed by atoms with E-state index in [1.807, 2.05) is 72.8 Å². The molecule has 0 spiro atoms. The maximum atomic E-state index is 11.6. The van der Waals surface area contributed by atoms with Crippen molar-refractivity contribution in [3.8, 4) is 0 Å². The number of rotatable bonds is 4. The zero-order chi connectivity index (χ0) is 16.2. The molecule has 1 nitrogen and oxygen atoms in total. The number of benzene rings is 2. The summed E-state index contributed by atoms with van der Waals surface area (Å²) in [7, 11) is 0. The number of carbonyl (C=O) groups is 1. The molecular weight excluding hydrogens is 445 g/mol. The van der Waals surface area contributed by atoms with Gasteiger partial charge in [-0.15, -0.1) is 0 Å². The average molecular weight is 460 g/mol. The van der Waals surface area contributed by atoms with E-state index in [9.17, 15) is 4.79 Å². The molecule has 0 saturated carbocycles. The molecule has 0 atom stereocenters. The van der Waals surface area contributed by atoms with E-state index < -0.39 is 4.30 Å². The SMILES string of the molecule is ClC(Cl)Cl.O=C(C=Cc1ccccc1)C=Cc1ccccc1.[Pd]. The molecule has 2 rings (SSSR count). The fraction of sp³-hybridized carbons (Fsp3) is 0.0556. The topological polar surface area (TPSA) is 17.1 Å². The van der Waals surface area contributed by atoms with Crippen molar-refractivity contribution in [2.75, 3.05) is 0 Å². The van der Waals surface area contributed by atoms with Crippen LogP contribution >= 0.6 is 34.8 Å². The molecule has 0 bridgehead atoms. The van der Waals surface area contributed by atoms with Gasteiger partial charge < -0.3 is 0 Å². The Morgan fingerprint density at radius 2 is 1.04 bits per heavy atom. The fourth-order valence-corrected chi connectivity index (χ4v) is 1.54. The monoisotopic (exact) mass is 458 g/mol. The summed E-state index contributed by atoms with van der Waals surface area (Å²) >= 11 is 14.4. The van der Waals surface area contributed by atoms with Crippen molar-refractivity contribution < 1.29 is 25.2 Å². The molecule has 0 aliphatic carbocycles. The van der Waals surface area contributed by atoms with Crippen molar-refractivity contribution in [1.82, 2.24) is 0 Å².